The predicted octanol–water partition coefficient (Wildman–Crippen LogP) is 0.998. The van der Waals surface area contributed by atoms with E-state index in [2.05, 4.69) is 10.2 Å². The maximum absolute atomic E-state index is 12.1. The Kier molecular flexibility index (Phi) is 3.40. The standard InChI is InChI=1S/C11H20N2O/c14-11(13-8-1-2-9-13)10-4-3-6-12-7-5-10/h10,12H,1-9H2. The molecule has 0 aromatic heterocycles. The van der Waals surface area contributed by atoms with Crippen LogP contribution in [0, 0.1) is 5.92 Å². The SMILES string of the molecule is O=C(C1CCCNCC1)N1CCCC1. The van der Waals surface area contributed by atoms with E-state index >= 15 is 0 Å². The Hall–Kier alpha value is -0.570. The molecule has 0 bridgehead atoms. The third-order valence-corrected chi connectivity index (χ3v) is 3.34. The lowest BCUT2D eigenvalue weighted by molar-refractivity contribution is -0.134. The van der Waals surface area contributed by atoms with E-state index in [1.807, 2.05) is 0 Å². The van der Waals surface area contributed by atoms with Crippen molar-refractivity contribution in [3.05, 3.63) is 0 Å². The molecule has 1 unspecified atom stereocenters. The van der Waals surface area contributed by atoms with Crippen LogP contribution < -0.4 is 5.32 Å². The average molecular weight is 196 g/mol. The van der Waals surface area contributed by atoms with Gasteiger partial charge in [0.2, 0.25) is 5.91 Å². The molecule has 0 spiro atoms. The summed E-state index contributed by atoms with van der Waals surface area (Å²) >= 11 is 0. The van der Waals surface area contributed by atoms with Crippen molar-refractivity contribution < 1.29 is 4.79 Å². The molecule has 3 heteroatoms. The van der Waals surface area contributed by atoms with Gasteiger partial charge in [0, 0.05) is 19.0 Å². The molecule has 2 rings (SSSR count). The smallest absolute Gasteiger partial charge is 0.225 e. The van der Waals surface area contributed by atoms with Crippen LogP contribution in [-0.4, -0.2) is 37.0 Å². The number of rotatable bonds is 1. The Morgan fingerprint density at radius 3 is 2.64 bits per heavy atom. The minimum atomic E-state index is 0.308. The summed E-state index contributed by atoms with van der Waals surface area (Å²) in [6.07, 6.45) is 5.69. The normalized spacial score (nSPS) is 28.9. The highest BCUT2D eigenvalue weighted by Gasteiger charge is 2.26. The molecule has 1 N–H and O–H groups in total. The van der Waals surface area contributed by atoms with E-state index in [9.17, 15) is 4.79 Å². The van der Waals surface area contributed by atoms with E-state index in [4.69, 9.17) is 0 Å². The summed E-state index contributed by atoms with van der Waals surface area (Å²) in [5.41, 5.74) is 0. The monoisotopic (exact) mass is 196 g/mol. The summed E-state index contributed by atoms with van der Waals surface area (Å²) in [4.78, 5) is 14.1. The number of hydrogen-bond acceptors (Lipinski definition) is 2. The van der Waals surface area contributed by atoms with E-state index in [-0.39, 0.29) is 0 Å². The van der Waals surface area contributed by atoms with Crippen LogP contribution in [0.1, 0.15) is 32.1 Å². The van der Waals surface area contributed by atoms with Crippen LogP contribution in [0.3, 0.4) is 0 Å². The summed E-state index contributed by atoms with van der Waals surface area (Å²) in [5, 5.41) is 3.35. The van der Waals surface area contributed by atoms with Gasteiger partial charge in [0.25, 0.3) is 0 Å². The first-order chi connectivity index (χ1) is 6.88. The lowest BCUT2D eigenvalue weighted by Crippen LogP contribution is -2.34. The zero-order valence-corrected chi connectivity index (χ0v) is 8.80. The summed E-state index contributed by atoms with van der Waals surface area (Å²) in [6, 6.07) is 0. The highest BCUT2D eigenvalue weighted by molar-refractivity contribution is 5.79. The molecular formula is C11H20N2O. The van der Waals surface area contributed by atoms with Gasteiger partial charge in [-0.3, -0.25) is 4.79 Å². The Morgan fingerprint density at radius 2 is 1.86 bits per heavy atom. The maximum Gasteiger partial charge on any atom is 0.225 e. The van der Waals surface area contributed by atoms with Crippen molar-refractivity contribution in [1.82, 2.24) is 10.2 Å². The first-order valence-electron chi connectivity index (χ1n) is 5.87. The zero-order chi connectivity index (χ0) is 9.80. The summed E-state index contributed by atoms with van der Waals surface area (Å²) in [5.74, 6) is 0.731. The van der Waals surface area contributed by atoms with Crippen LogP contribution in [-0.2, 0) is 4.79 Å². The van der Waals surface area contributed by atoms with Crippen molar-refractivity contribution in [3.63, 3.8) is 0 Å². The third-order valence-electron chi connectivity index (χ3n) is 3.34. The van der Waals surface area contributed by atoms with E-state index in [0.717, 1.165) is 45.4 Å². The molecule has 2 fully saturated rings. The summed E-state index contributed by atoms with van der Waals surface area (Å²) < 4.78 is 0. The molecule has 2 heterocycles. The second-order valence-corrected chi connectivity index (χ2v) is 4.41. The van der Waals surface area contributed by atoms with Crippen LogP contribution in [0.4, 0.5) is 0 Å². The Morgan fingerprint density at radius 1 is 1.07 bits per heavy atom. The largest absolute Gasteiger partial charge is 0.342 e. The fourth-order valence-corrected chi connectivity index (χ4v) is 2.46. The van der Waals surface area contributed by atoms with Crippen LogP contribution in [0.5, 0.6) is 0 Å². The van der Waals surface area contributed by atoms with Gasteiger partial charge >= 0.3 is 0 Å². The molecule has 2 aliphatic heterocycles. The van der Waals surface area contributed by atoms with E-state index in [1.165, 1.54) is 12.8 Å². The Bertz CT molecular complexity index is 191. The van der Waals surface area contributed by atoms with Crippen LogP contribution in [0.2, 0.25) is 0 Å². The highest BCUT2D eigenvalue weighted by atomic mass is 16.2. The molecule has 2 aliphatic rings. The second kappa shape index (κ2) is 4.78. The Labute approximate surface area is 85.8 Å². The van der Waals surface area contributed by atoms with Crippen molar-refractivity contribution >= 4 is 5.91 Å². The first-order valence-corrected chi connectivity index (χ1v) is 5.87. The lowest BCUT2D eigenvalue weighted by Gasteiger charge is -2.21. The molecule has 0 aromatic rings. The lowest BCUT2D eigenvalue weighted by atomic mass is 9.99. The molecule has 2 saturated heterocycles. The van der Waals surface area contributed by atoms with Gasteiger partial charge in [0.15, 0.2) is 0 Å². The van der Waals surface area contributed by atoms with Gasteiger partial charge in [0.05, 0.1) is 0 Å². The fourth-order valence-electron chi connectivity index (χ4n) is 2.46. The van der Waals surface area contributed by atoms with Gasteiger partial charge in [-0.15, -0.1) is 0 Å². The molecule has 80 valence electrons. The van der Waals surface area contributed by atoms with E-state index < -0.39 is 0 Å². The van der Waals surface area contributed by atoms with Crippen molar-refractivity contribution in [3.8, 4) is 0 Å². The van der Waals surface area contributed by atoms with Gasteiger partial charge in [-0.25, -0.2) is 0 Å². The second-order valence-electron chi connectivity index (χ2n) is 4.41. The molecule has 3 nitrogen and oxygen atoms in total. The molecule has 0 radical (unpaired) electrons. The number of carbonyl (C=O) groups excluding carboxylic acids is 1. The number of nitrogens with zero attached hydrogens (tertiary/aromatic N) is 1. The highest BCUT2D eigenvalue weighted by Crippen LogP contribution is 2.19. The number of hydrogen-bond donors (Lipinski definition) is 1. The molecular weight excluding hydrogens is 176 g/mol. The quantitative estimate of drug-likeness (QED) is 0.678. The molecule has 0 saturated carbocycles. The zero-order valence-electron chi connectivity index (χ0n) is 8.80. The van der Waals surface area contributed by atoms with Gasteiger partial charge < -0.3 is 10.2 Å². The Balaban J connectivity index is 1.88. The summed E-state index contributed by atoms with van der Waals surface area (Å²) in [7, 11) is 0. The molecule has 0 aromatic carbocycles. The van der Waals surface area contributed by atoms with E-state index in [1.54, 1.807) is 0 Å². The minimum absolute atomic E-state index is 0.308. The van der Waals surface area contributed by atoms with Gasteiger partial charge in [-0.1, -0.05) is 0 Å². The topological polar surface area (TPSA) is 32.3 Å². The minimum Gasteiger partial charge on any atom is -0.342 e. The van der Waals surface area contributed by atoms with Crippen LogP contribution in [0.15, 0.2) is 0 Å². The third kappa shape index (κ3) is 2.27. The predicted molar refractivity (Wildman–Crippen MR) is 56.0 cm³/mol. The fraction of sp³-hybridized carbons (Fsp3) is 0.909. The van der Waals surface area contributed by atoms with Crippen molar-refractivity contribution in [1.29, 1.82) is 0 Å². The van der Waals surface area contributed by atoms with Crippen molar-refractivity contribution in [2.24, 2.45) is 5.92 Å². The number of amides is 1. The molecule has 14 heavy (non-hydrogen) atoms. The first kappa shape index (κ1) is 9.97. The average Bonchev–Trinajstić information content (AvgIpc) is 2.59. The number of likely N-dealkylation sites (tertiary alicyclic amines) is 1. The number of carbonyl (C=O) groups is 1. The number of nitrogens with one attached hydrogen (secondary N) is 1. The van der Waals surface area contributed by atoms with Gasteiger partial charge in [-0.05, 0) is 45.2 Å². The summed E-state index contributed by atoms with van der Waals surface area (Å²) in [6.45, 7) is 4.11. The van der Waals surface area contributed by atoms with Crippen LogP contribution >= 0.6 is 0 Å². The van der Waals surface area contributed by atoms with Crippen molar-refractivity contribution in [2.75, 3.05) is 26.2 Å². The van der Waals surface area contributed by atoms with Crippen LogP contribution in [0.25, 0.3) is 0 Å². The van der Waals surface area contributed by atoms with Gasteiger partial charge in [-0.2, -0.15) is 0 Å². The van der Waals surface area contributed by atoms with E-state index in [0.29, 0.717) is 11.8 Å². The van der Waals surface area contributed by atoms with Gasteiger partial charge in [0.1, 0.15) is 0 Å². The maximum atomic E-state index is 12.1. The molecule has 0 aliphatic carbocycles. The van der Waals surface area contributed by atoms with Crippen molar-refractivity contribution in [2.45, 2.75) is 32.1 Å². The molecule has 1 amide bonds. The molecule has 1 atom stereocenters.